The number of nitrogen functional groups attached to an aromatic ring is 1. The molecule has 3 aromatic rings. The van der Waals surface area contributed by atoms with Gasteiger partial charge in [0.15, 0.2) is 5.82 Å². The summed E-state index contributed by atoms with van der Waals surface area (Å²) in [7, 11) is 0. The highest BCUT2D eigenvalue weighted by atomic mass is 35.5. The first-order valence-electron chi connectivity index (χ1n) is 6.27. The fourth-order valence-corrected chi connectivity index (χ4v) is 2.04. The predicted octanol–water partition coefficient (Wildman–Crippen LogP) is 2.04. The van der Waals surface area contributed by atoms with E-state index in [0.29, 0.717) is 5.69 Å². The Morgan fingerprint density at radius 3 is 2.90 bits per heavy atom. The predicted molar refractivity (Wildman–Crippen MR) is 82.2 cm³/mol. The summed E-state index contributed by atoms with van der Waals surface area (Å²) in [6, 6.07) is 5.84. The van der Waals surface area contributed by atoms with Gasteiger partial charge in [0.1, 0.15) is 5.69 Å². The van der Waals surface area contributed by atoms with Crippen molar-refractivity contribution in [2.75, 3.05) is 17.6 Å². The lowest BCUT2D eigenvalue weighted by molar-refractivity contribution is 0.660. The molecule has 7 heteroatoms. The van der Waals surface area contributed by atoms with Crippen molar-refractivity contribution in [1.82, 2.24) is 19.2 Å². The van der Waals surface area contributed by atoms with Gasteiger partial charge in [0, 0.05) is 31.7 Å². The summed E-state index contributed by atoms with van der Waals surface area (Å²) < 4.78 is 3.84. The van der Waals surface area contributed by atoms with Crippen molar-refractivity contribution in [3.8, 4) is 0 Å². The summed E-state index contributed by atoms with van der Waals surface area (Å²) in [6.07, 6.45) is 8.44. The molecule has 3 N–H and O–H groups in total. The van der Waals surface area contributed by atoms with Crippen LogP contribution in [0.5, 0.6) is 0 Å². The molecule has 3 rings (SSSR count). The minimum absolute atomic E-state index is 0. The molecule has 0 radical (unpaired) electrons. The van der Waals surface area contributed by atoms with Crippen molar-refractivity contribution < 1.29 is 0 Å². The number of imidazole rings is 1. The van der Waals surface area contributed by atoms with Crippen LogP contribution in [0.3, 0.4) is 0 Å². The van der Waals surface area contributed by atoms with Crippen LogP contribution in [0.15, 0.2) is 43.1 Å². The lowest BCUT2D eigenvalue weighted by atomic mass is 10.3. The Hall–Kier alpha value is -2.21. The summed E-state index contributed by atoms with van der Waals surface area (Å²) in [4.78, 5) is 4.01. The maximum absolute atomic E-state index is 6.05. The van der Waals surface area contributed by atoms with E-state index >= 15 is 0 Å². The zero-order valence-electron chi connectivity index (χ0n) is 10.9. The van der Waals surface area contributed by atoms with Crippen LogP contribution < -0.4 is 11.1 Å². The average molecular weight is 293 g/mol. The van der Waals surface area contributed by atoms with Crippen molar-refractivity contribution in [3.63, 3.8) is 0 Å². The normalized spacial score (nSPS) is 10.4. The number of nitrogens with two attached hydrogens (primary N) is 1. The summed E-state index contributed by atoms with van der Waals surface area (Å²) in [5.74, 6) is 0.747. The number of aryl methyl sites for hydroxylation is 1. The fourth-order valence-electron chi connectivity index (χ4n) is 2.04. The third kappa shape index (κ3) is 2.85. The smallest absolute Gasteiger partial charge is 0.172 e. The SMILES string of the molecule is Cl.Nc1c(NCCCn2ccnc2)nn2ccccc12. The molecule has 0 aliphatic rings. The topological polar surface area (TPSA) is 73.2 Å². The molecule has 0 aliphatic carbocycles. The number of aromatic nitrogens is 4. The van der Waals surface area contributed by atoms with Crippen molar-refractivity contribution in [3.05, 3.63) is 43.1 Å². The van der Waals surface area contributed by atoms with E-state index in [0.717, 1.165) is 30.8 Å². The first-order chi connectivity index (χ1) is 9.34. The van der Waals surface area contributed by atoms with Gasteiger partial charge in [0.25, 0.3) is 0 Å². The molecule has 0 saturated heterocycles. The molecule has 0 amide bonds. The van der Waals surface area contributed by atoms with Crippen LogP contribution >= 0.6 is 12.4 Å². The van der Waals surface area contributed by atoms with Crippen molar-refractivity contribution in [2.24, 2.45) is 0 Å². The lowest BCUT2D eigenvalue weighted by Crippen LogP contribution is -2.07. The quantitative estimate of drug-likeness (QED) is 0.706. The number of nitrogens with zero attached hydrogens (tertiary/aromatic N) is 4. The van der Waals surface area contributed by atoms with Crippen LogP contribution in [-0.2, 0) is 6.54 Å². The number of pyridine rings is 1. The third-order valence-corrected chi connectivity index (χ3v) is 3.02. The van der Waals surface area contributed by atoms with Crippen LogP contribution in [0, 0.1) is 0 Å². The summed E-state index contributed by atoms with van der Waals surface area (Å²) >= 11 is 0. The second kappa shape index (κ2) is 6.29. The Morgan fingerprint density at radius 1 is 1.25 bits per heavy atom. The van der Waals surface area contributed by atoms with E-state index in [4.69, 9.17) is 5.73 Å². The maximum Gasteiger partial charge on any atom is 0.172 e. The second-order valence-corrected chi connectivity index (χ2v) is 4.37. The van der Waals surface area contributed by atoms with Gasteiger partial charge >= 0.3 is 0 Å². The molecule has 0 bridgehead atoms. The molecule has 3 heterocycles. The standard InChI is InChI=1S/C13H16N6.ClH/c14-12-11-4-1-2-8-19(11)17-13(12)16-5-3-7-18-9-6-15-10-18;/h1-2,4,6,8-10H,3,5,7,14H2,(H,16,17);1H. The largest absolute Gasteiger partial charge is 0.394 e. The lowest BCUT2D eigenvalue weighted by Gasteiger charge is -2.04. The van der Waals surface area contributed by atoms with Gasteiger partial charge in [-0.15, -0.1) is 17.5 Å². The number of hydrogen-bond acceptors (Lipinski definition) is 4. The van der Waals surface area contributed by atoms with Crippen LogP contribution in [0.1, 0.15) is 6.42 Å². The van der Waals surface area contributed by atoms with Crippen molar-refractivity contribution in [2.45, 2.75) is 13.0 Å². The van der Waals surface area contributed by atoms with Crippen LogP contribution in [-0.4, -0.2) is 25.7 Å². The van der Waals surface area contributed by atoms with Gasteiger partial charge in [-0.25, -0.2) is 9.50 Å². The van der Waals surface area contributed by atoms with Gasteiger partial charge in [-0.2, -0.15) is 0 Å². The van der Waals surface area contributed by atoms with E-state index in [1.165, 1.54) is 0 Å². The van der Waals surface area contributed by atoms with Crippen molar-refractivity contribution in [1.29, 1.82) is 0 Å². The molecule has 6 nitrogen and oxygen atoms in total. The molecule has 0 atom stereocenters. The molecular weight excluding hydrogens is 276 g/mol. The number of anilines is 2. The van der Waals surface area contributed by atoms with Crippen molar-refractivity contribution >= 4 is 29.4 Å². The first kappa shape index (κ1) is 14.2. The van der Waals surface area contributed by atoms with Gasteiger partial charge in [0.2, 0.25) is 0 Å². The zero-order valence-corrected chi connectivity index (χ0v) is 11.8. The van der Waals surface area contributed by atoms with E-state index in [-0.39, 0.29) is 12.4 Å². The maximum atomic E-state index is 6.05. The highest BCUT2D eigenvalue weighted by molar-refractivity contribution is 5.85. The Labute approximate surface area is 123 Å². The number of halogens is 1. The minimum Gasteiger partial charge on any atom is -0.394 e. The van der Waals surface area contributed by atoms with E-state index in [9.17, 15) is 0 Å². The van der Waals surface area contributed by atoms with Gasteiger partial charge < -0.3 is 15.6 Å². The van der Waals surface area contributed by atoms with Crippen LogP contribution in [0.4, 0.5) is 11.5 Å². The molecule has 106 valence electrons. The molecule has 0 unspecified atom stereocenters. The third-order valence-electron chi connectivity index (χ3n) is 3.02. The van der Waals surface area contributed by atoms with Crippen LogP contribution in [0.25, 0.3) is 5.52 Å². The number of fused-ring (bicyclic) bond motifs is 1. The number of rotatable bonds is 5. The molecule has 0 aromatic carbocycles. The molecule has 0 aliphatic heterocycles. The molecule has 0 fully saturated rings. The van der Waals surface area contributed by atoms with E-state index in [2.05, 4.69) is 20.0 Å². The van der Waals surface area contributed by atoms with Gasteiger partial charge in [-0.1, -0.05) is 6.07 Å². The first-order valence-corrected chi connectivity index (χ1v) is 6.27. The van der Waals surface area contributed by atoms with E-state index in [1.807, 2.05) is 36.9 Å². The Morgan fingerprint density at radius 2 is 2.15 bits per heavy atom. The summed E-state index contributed by atoms with van der Waals surface area (Å²) in [5, 5.41) is 7.68. The number of hydrogen-bond donors (Lipinski definition) is 2. The molecule has 0 saturated carbocycles. The van der Waals surface area contributed by atoms with Crippen LogP contribution in [0.2, 0.25) is 0 Å². The van der Waals surface area contributed by atoms with E-state index < -0.39 is 0 Å². The summed E-state index contributed by atoms with van der Waals surface area (Å²) in [5.41, 5.74) is 7.68. The number of nitrogens with one attached hydrogen (secondary N) is 1. The molecule has 0 spiro atoms. The Bertz CT molecular complexity index is 661. The zero-order chi connectivity index (χ0) is 13.1. The average Bonchev–Trinajstić information content (AvgIpc) is 3.04. The van der Waals surface area contributed by atoms with Gasteiger partial charge in [-0.05, 0) is 18.6 Å². The second-order valence-electron chi connectivity index (χ2n) is 4.37. The Balaban J connectivity index is 0.00000147. The van der Waals surface area contributed by atoms with Gasteiger partial charge in [-0.3, -0.25) is 0 Å². The molecular formula is C13H17ClN6. The fraction of sp³-hybridized carbons (Fsp3) is 0.231. The summed E-state index contributed by atoms with van der Waals surface area (Å²) in [6.45, 7) is 1.76. The van der Waals surface area contributed by atoms with E-state index in [1.54, 1.807) is 10.7 Å². The highest BCUT2D eigenvalue weighted by Gasteiger charge is 2.07. The molecule has 20 heavy (non-hydrogen) atoms. The Kier molecular flexibility index (Phi) is 4.47. The highest BCUT2D eigenvalue weighted by Crippen LogP contribution is 2.22. The molecule has 3 aromatic heterocycles. The monoisotopic (exact) mass is 292 g/mol. The minimum atomic E-state index is 0. The van der Waals surface area contributed by atoms with Gasteiger partial charge in [0.05, 0.1) is 11.8 Å².